The Hall–Kier alpha value is -1.55. The van der Waals surface area contributed by atoms with Crippen LogP contribution in [0.4, 0.5) is 0 Å². The molecule has 13 heavy (non-hydrogen) atoms. The number of terminal acetylenes is 1. The molecule has 1 heterocycles. The molecule has 0 spiro atoms. The van der Waals surface area contributed by atoms with Crippen LogP contribution in [0.3, 0.4) is 0 Å². The maximum atomic E-state index is 5.35. The van der Waals surface area contributed by atoms with E-state index >= 15 is 0 Å². The molecule has 0 fully saturated rings. The summed E-state index contributed by atoms with van der Waals surface area (Å²) in [6.07, 6.45) is 11.1. The van der Waals surface area contributed by atoms with Crippen LogP contribution in [-0.2, 0) is 0 Å². The molecule has 1 nitrogen and oxygen atoms in total. The molecule has 0 aliphatic heterocycles. The predicted octanol–water partition coefficient (Wildman–Crippen LogP) is 2.71. The first-order valence-corrected chi connectivity index (χ1v) is 4.26. The Morgan fingerprint density at radius 3 is 2.69 bits per heavy atom. The smallest absolute Gasteiger partial charge is 0.0461 e. The molecule has 66 valence electrons. The van der Waals surface area contributed by atoms with Crippen LogP contribution < -0.4 is 0 Å². The van der Waals surface area contributed by atoms with Gasteiger partial charge in [-0.2, -0.15) is 0 Å². The van der Waals surface area contributed by atoms with Crippen molar-refractivity contribution in [2.24, 2.45) is 0 Å². The summed E-state index contributed by atoms with van der Waals surface area (Å²) < 4.78 is 0. The number of aromatic nitrogens is 1. The van der Waals surface area contributed by atoms with Crippen LogP contribution in [0, 0.1) is 26.2 Å². The van der Waals surface area contributed by atoms with Crippen molar-refractivity contribution in [1.29, 1.82) is 0 Å². The molecule has 0 saturated carbocycles. The van der Waals surface area contributed by atoms with Gasteiger partial charge < -0.3 is 0 Å². The van der Waals surface area contributed by atoms with E-state index < -0.39 is 0 Å². The van der Waals surface area contributed by atoms with Crippen LogP contribution in [-0.4, -0.2) is 4.98 Å². The number of rotatable bonds is 1. The minimum Gasteiger partial charge on any atom is -0.260 e. The molecule has 0 unspecified atom stereocenters. The number of hydrogen-bond donors (Lipinski definition) is 0. The van der Waals surface area contributed by atoms with Gasteiger partial charge in [0.25, 0.3) is 0 Å². The Morgan fingerprint density at radius 2 is 2.15 bits per heavy atom. The average Bonchev–Trinajstić information content (AvgIpc) is 2.12. The summed E-state index contributed by atoms with van der Waals surface area (Å²) in [5.74, 6) is 2.62. The molecule has 0 N–H and O–H groups in total. The lowest BCUT2D eigenvalue weighted by molar-refractivity contribution is 1.15. The predicted molar refractivity (Wildman–Crippen MR) is 56.4 cm³/mol. The molecule has 0 saturated heterocycles. The zero-order valence-electron chi connectivity index (χ0n) is 8.26. The second kappa shape index (κ2) is 3.91. The van der Waals surface area contributed by atoms with E-state index in [9.17, 15) is 0 Å². The van der Waals surface area contributed by atoms with Gasteiger partial charge in [-0.15, -0.1) is 6.42 Å². The Bertz CT molecular complexity index is 381. The summed E-state index contributed by atoms with van der Waals surface area (Å²) in [5, 5.41) is 0. The summed E-state index contributed by atoms with van der Waals surface area (Å²) >= 11 is 0. The monoisotopic (exact) mass is 171 g/mol. The van der Waals surface area contributed by atoms with Gasteiger partial charge in [0, 0.05) is 17.5 Å². The lowest BCUT2D eigenvalue weighted by Gasteiger charge is -2.05. The molecule has 0 radical (unpaired) electrons. The highest BCUT2D eigenvalue weighted by Gasteiger charge is 2.03. The van der Waals surface area contributed by atoms with E-state index in [4.69, 9.17) is 6.42 Å². The molecule has 1 heteroatoms. The number of allylic oxidation sites excluding steroid dienone is 1. The van der Waals surface area contributed by atoms with E-state index in [-0.39, 0.29) is 0 Å². The lowest BCUT2D eigenvalue weighted by Crippen LogP contribution is -1.94. The normalized spacial score (nSPS) is 10.3. The van der Waals surface area contributed by atoms with Gasteiger partial charge in [-0.1, -0.05) is 18.1 Å². The first kappa shape index (κ1) is 9.54. The van der Waals surface area contributed by atoms with Gasteiger partial charge in [-0.3, -0.25) is 4.98 Å². The van der Waals surface area contributed by atoms with Crippen LogP contribution in [0.15, 0.2) is 12.3 Å². The third-order valence-electron chi connectivity index (χ3n) is 2.07. The van der Waals surface area contributed by atoms with Crippen molar-refractivity contribution in [3.63, 3.8) is 0 Å². The number of aryl methyl sites for hydroxylation is 1. The van der Waals surface area contributed by atoms with Gasteiger partial charge in [0.15, 0.2) is 0 Å². The van der Waals surface area contributed by atoms with Crippen molar-refractivity contribution in [3.05, 3.63) is 34.7 Å². The minimum atomic E-state index is 0.874. The van der Waals surface area contributed by atoms with E-state index in [0.29, 0.717) is 0 Å². The van der Waals surface area contributed by atoms with Crippen LogP contribution in [0.25, 0.3) is 6.08 Å². The fourth-order valence-corrected chi connectivity index (χ4v) is 1.30. The first-order valence-electron chi connectivity index (χ1n) is 4.26. The standard InChI is InChI=1S/C12H13N/c1-5-7-12-9(3)11(6-2)8-13-10(12)4/h2,5,7-8H,1,3-4H3/b7-5-. The molecular weight excluding hydrogens is 158 g/mol. The van der Waals surface area contributed by atoms with Crippen molar-refractivity contribution in [3.8, 4) is 12.3 Å². The Kier molecular flexibility index (Phi) is 2.87. The van der Waals surface area contributed by atoms with Gasteiger partial charge in [0.05, 0.1) is 0 Å². The molecule has 1 aromatic heterocycles. The largest absolute Gasteiger partial charge is 0.260 e. The summed E-state index contributed by atoms with van der Waals surface area (Å²) in [6, 6.07) is 0. The van der Waals surface area contributed by atoms with Crippen LogP contribution in [0.1, 0.15) is 29.3 Å². The number of hydrogen-bond acceptors (Lipinski definition) is 1. The molecular formula is C12H13N. The fourth-order valence-electron chi connectivity index (χ4n) is 1.30. The zero-order chi connectivity index (χ0) is 9.84. The topological polar surface area (TPSA) is 12.9 Å². The van der Waals surface area contributed by atoms with E-state index in [1.54, 1.807) is 6.20 Å². The lowest BCUT2D eigenvalue weighted by atomic mass is 10.0. The quantitative estimate of drug-likeness (QED) is 0.592. The average molecular weight is 171 g/mol. The minimum absolute atomic E-state index is 0.874. The third-order valence-corrected chi connectivity index (χ3v) is 2.07. The van der Waals surface area contributed by atoms with Crippen LogP contribution in [0.2, 0.25) is 0 Å². The van der Waals surface area contributed by atoms with Crippen molar-refractivity contribution < 1.29 is 0 Å². The summed E-state index contributed by atoms with van der Waals surface area (Å²) in [7, 11) is 0. The molecule has 0 aliphatic carbocycles. The van der Waals surface area contributed by atoms with Gasteiger partial charge >= 0.3 is 0 Å². The van der Waals surface area contributed by atoms with E-state index in [1.165, 1.54) is 0 Å². The Morgan fingerprint density at radius 1 is 1.46 bits per heavy atom. The zero-order valence-corrected chi connectivity index (χ0v) is 8.26. The Balaban J connectivity index is 3.40. The third kappa shape index (κ3) is 1.78. The van der Waals surface area contributed by atoms with Crippen molar-refractivity contribution in [2.45, 2.75) is 20.8 Å². The fraction of sp³-hybridized carbons (Fsp3) is 0.250. The van der Waals surface area contributed by atoms with Crippen LogP contribution in [0.5, 0.6) is 0 Å². The molecule has 0 aromatic carbocycles. The molecule has 0 atom stereocenters. The highest BCUT2D eigenvalue weighted by molar-refractivity contribution is 5.59. The second-order valence-electron chi connectivity index (χ2n) is 2.94. The second-order valence-corrected chi connectivity index (χ2v) is 2.94. The van der Waals surface area contributed by atoms with Crippen molar-refractivity contribution >= 4 is 6.08 Å². The van der Waals surface area contributed by atoms with Gasteiger partial charge in [-0.25, -0.2) is 0 Å². The summed E-state index contributed by atoms with van der Waals surface area (Å²) in [5.41, 5.74) is 4.17. The molecule has 1 rings (SSSR count). The van der Waals surface area contributed by atoms with Crippen molar-refractivity contribution in [2.75, 3.05) is 0 Å². The summed E-state index contributed by atoms with van der Waals surface area (Å²) in [6.45, 7) is 6.00. The molecule has 0 amide bonds. The Labute approximate surface area is 79.5 Å². The maximum absolute atomic E-state index is 5.35. The molecule has 0 aliphatic rings. The number of pyridine rings is 1. The molecule has 1 aromatic rings. The first-order chi connectivity index (χ1) is 6.20. The summed E-state index contributed by atoms with van der Waals surface area (Å²) in [4.78, 5) is 4.24. The highest BCUT2D eigenvalue weighted by atomic mass is 14.7. The van der Waals surface area contributed by atoms with E-state index in [0.717, 1.165) is 22.4 Å². The SMILES string of the molecule is C#Cc1cnc(C)c(/C=C\C)c1C. The van der Waals surface area contributed by atoms with Gasteiger partial charge in [0.2, 0.25) is 0 Å². The number of nitrogens with zero attached hydrogens (tertiary/aromatic N) is 1. The maximum Gasteiger partial charge on any atom is 0.0461 e. The van der Waals surface area contributed by atoms with Gasteiger partial charge in [0.1, 0.15) is 0 Å². The van der Waals surface area contributed by atoms with E-state index in [1.807, 2.05) is 32.9 Å². The van der Waals surface area contributed by atoms with Crippen LogP contribution >= 0.6 is 0 Å². The van der Waals surface area contributed by atoms with E-state index in [2.05, 4.69) is 10.9 Å². The highest BCUT2D eigenvalue weighted by Crippen LogP contribution is 2.16. The van der Waals surface area contributed by atoms with Gasteiger partial charge in [-0.05, 0) is 31.9 Å². The van der Waals surface area contributed by atoms with Crippen molar-refractivity contribution in [1.82, 2.24) is 4.98 Å². The molecule has 0 bridgehead atoms.